The van der Waals surface area contributed by atoms with Crippen molar-refractivity contribution >= 4 is 11.6 Å². The summed E-state index contributed by atoms with van der Waals surface area (Å²) in [5, 5.41) is 3.59. The Morgan fingerprint density at radius 3 is 2.47 bits per heavy atom. The van der Waals surface area contributed by atoms with E-state index >= 15 is 0 Å². The zero-order valence-electron chi connectivity index (χ0n) is 10.2. The molecule has 0 spiro atoms. The van der Waals surface area contributed by atoms with Crippen molar-refractivity contribution in [3.05, 3.63) is 0 Å². The molecule has 0 aromatic carbocycles. The fourth-order valence-corrected chi connectivity index (χ4v) is 2.50. The van der Waals surface area contributed by atoms with Crippen LogP contribution in [0, 0.1) is 5.41 Å². The molecule has 1 aliphatic rings. The number of unbranched alkanes of at least 4 members (excludes halogenated alkanes) is 4. The van der Waals surface area contributed by atoms with Gasteiger partial charge >= 0.3 is 0 Å². The summed E-state index contributed by atoms with van der Waals surface area (Å²) in [5.74, 6) is 0.832. The van der Waals surface area contributed by atoms with Crippen molar-refractivity contribution in [2.24, 2.45) is 5.41 Å². The van der Waals surface area contributed by atoms with Crippen molar-refractivity contribution in [2.45, 2.75) is 58.3 Å². The molecule has 0 aromatic heterocycles. The van der Waals surface area contributed by atoms with Crippen molar-refractivity contribution < 1.29 is 0 Å². The summed E-state index contributed by atoms with van der Waals surface area (Å²) in [4.78, 5) is 0. The Morgan fingerprint density at radius 2 is 1.87 bits per heavy atom. The van der Waals surface area contributed by atoms with Crippen molar-refractivity contribution in [2.75, 3.05) is 19.0 Å². The monoisotopic (exact) mass is 231 g/mol. The number of nitrogens with one attached hydrogen (secondary N) is 1. The van der Waals surface area contributed by atoms with Crippen LogP contribution in [-0.4, -0.2) is 19.0 Å². The van der Waals surface area contributed by atoms with Gasteiger partial charge in [-0.2, -0.15) is 0 Å². The lowest BCUT2D eigenvalue weighted by Crippen LogP contribution is -2.25. The van der Waals surface area contributed by atoms with Gasteiger partial charge < -0.3 is 5.32 Å². The smallest absolute Gasteiger partial charge is 0.0229 e. The Balaban J connectivity index is 1.84. The molecule has 0 atom stereocenters. The molecule has 0 unspecified atom stereocenters. The van der Waals surface area contributed by atoms with Crippen molar-refractivity contribution in [1.29, 1.82) is 0 Å². The number of halogens is 1. The third-order valence-corrected chi connectivity index (χ3v) is 3.73. The minimum Gasteiger partial charge on any atom is -0.316 e. The van der Waals surface area contributed by atoms with Crippen molar-refractivity contribution in [3.63, 3.8) is 0 Å². The summed E-state index contributed by atoms with van der Waals surface area (Å²) < 4.78 is 0. The Morgan fingerprint density at radius 1 is 1.13 bits per heavy atom. The average Bonchev–Trinajstić information content (AvgIpc) is 2.98. The van der Waals surface area contributed by atoms with E-state index in [0.29, 0.717) is 5.41 Å². The molecule has 1 rings (SSSR count). The first-order valence-corrected chi connectivity index (χ1v) is 7.13. The van der Waals surface area contributed by atoms with E-state index in [4.69, 9.17) is 11.6 Å². The summed E-state index contributed by atoms with van der Waals surface area (Å²) in [5.41, 5.74) is 0.602. The van der Waals surface area contributed by atoms with Crippen LogP contribution >= 0.6 is 11.6 Å². The number of rotatable bonds is 10. The van der Waals surface area contributed by atoms with Crippen LogP contribution in [-0.2, 0) is 0 Å². The molecule has 0 saturated heterocycles. The van der Waals surface area contributed by atoms with Gasteiger partial charge in [0, 0.05) is 12.4 Å². The lowest BCUT2D eigenvalue weighted by Gasteiger charge is -2.14. The highest BCUT2D eigenvalue weighted by molar-refractivity contribution is 6.17. The molecular formula is C13H26ClN. The summed E-state index contributed by atoms with van der Waals surface area (Å²) in [6.07, 6.45) is 10.9. The Hall–Kier alpha value is 0.250. The van der Waals surface area contributed by atoms with E-state index in [2.05, 4.69) is 12.2 Å². The lowest BCUT2D eigenvalue weighted by atomic mass is 10.0. The van der Waals surface area contributed by atoms with Crippen LogP contribution in [0.3, 0.4) is 0 Å². The maximum Gasteiger partial charge on any atom is 0.0229 e. The van der Waals surface area contributed by atoms with Gasteiger partial charge in [0.15, 0.2) is 0 Å². The van der Waals surface area contributed by atoms with Gasteiger partial charge in [-0.3, -0.25) is 0 Å². The Bertz CT molecular complexity index is 155. The van der Waals surface area contributed by atoms with Gasteiger partial charge in [0.25, 0.3) is 0 Å². The minimum atomic E-state index is 0.602. The molecule has 15 heavy (non-hydrogen) atoms. The molecule has 1 aliphatic carbocycles. The Kier molecular flexibility index (Phi) is 6.67. The number of alkyl halides is 1. The normalized spacial score (nSPS) is 18.0. The largest absolute Gasteiger partial charge is 0.316 e. The van der Waals surface area contributed by atoms with Crippen LogP contribution in [0.1, 0.15) is 58.3 Å². The fourth-order valence-electron chi connectivity index (χ4n) is 2.10. The lowest BCUT2D eigenvalue weighted by molar-refractivity contribution is 0.439. The van der Waals surface area contributed by atoms with E-state index in [1.807, 2.05) is 0 Å². The molecular weight excluding hydrogens is 206 g/mol. The van der Waals surface area contributed by atoms with Crippen molar-refractivity contribution in [3.8, 4) is 0 Å². The Labute approximate surface area is 100.0 Å². The third-order valence-electron chi connectivity index (χ3n) is 3.54. The standard InChI is InChI=1S/C13H26ClN/c1-2-3-4-5-6-11-15-12-13(7-8-13)9-10-14/h15H,2-12H2,1H3. The van der Waals surface area contributed by atoms with Crippen LogP contribution in [0.15, 0.2) is 0 Å². The van der Waals surface area contributed by atoms with E-state index in [9.17, 15) is 0 Å². The van der Waals surface area contributed by atoms with Gasteiger partial charge in [-0.15, -0.1) is 11.6 Å². The van der Waals surface area contributed by atoms with Crippen LogP contribution in [0.4, 0.5) is 0 Å². The molecule has 0 radical (unpaired) electrons. The second kappa shape index (κ2) is 7.51. The predicted octanol–water partition coefficient (Wildman–Crippen LogP) is 3.96. The highest BCUT2D eigenvalue weighted by Gasteiger charge is 2.40. The number of hydrogen-bond donors (Lipinski definition) is 1. The summed E-state index contributed by atoms with van der Waals surface area (Å²) in [6, 6.07) is 0. The van der Waals surface area contributed by atoms with E-state index in [-0.39, 0.29) is 0 Å². The van der Waals surface area contributed by atoms with Crippen LogP contribution < -0.4 is 5.32 Å². The zero-order valence-corrected chi connectivity index (χ0v) is 10.9. The highest BCUT2D eigenvalue weighted by Crippen LogP contribution is 2.48. The first-order valence-electron chi connectivity index (χ1n) is 6.60. The van der Waals surface area contributed by atoms with Gasteiger partial charge in [-0.1, -0.05) is 32.6 Å². The topological polar surface area (TPSA) is 12.0 Å². The molecule has 2 heteroatoms. The second-order valence-corrected chi connectivity index (χ2v) is 5.41. The SMILES string of the molecule is CCCCCCCNCC1(CCCl)CC1. The van der Waals surface area contributed by atoms with Crippen LogP contribution in [0.25, 0.3) is 0 Å². The second-order valence-electron chi connectivity index (χ2n) is 5.03. The van der Waals surface area contributed by atoms with E-state index < -0.39 is 0 Å². The maximum atomic E-state index is 5.80. The fraction of sp³-hybridized carbons (Fsp3) is 1.00. The molecule has 1 N–H and O–H groups in total. The molecule has 0 aromatic rings. The first-order chi connectivity index (χ1) is 7.33. The summed E-state index contributed by atoms with van der Waals surface area (Å²) >= 11 is 5.80. The molecule has 1 nitrogen and oxygen atoms in total. The van der Waals surface area contributed by atoms with Gasteiger partial charge in [0.2, 0.25) is 0 Å². The third kappa shape index (κ3) is 5.77. The molecule has 1 saturated carbocycles. The quantitative estimate of drug-likeness (QED) is 0.444. The highest BCUT2D eigenvalue weighted by atomic mass is 35.5. The van der Waals surface area contributed by atoms with Crippen LogP contribution in [0.2, 0.25) is 0 Å². The van der Waals surface area contributed by atoms with E-state index in [1.165, 1.54) is 64.5 Å². The average molecular weight is 232 g/mol. The van der Waals surface area contributed by atoms with Gasteiger partial charge in [-0.25, -0.2) is 0 Å². The minimum absolute atomic E-state index is 0.602. The van der Waals surface area contributed by atoms with Gasteiger partial charge in [-0.05, 0) is 37.6 Å². The summed E-state index contributed by atoms with van der Waals surface area (Å²) in [7, 11) is 0. The van der Waals surface area contributed by atoms with Crippen LogP contribution in [0.5, 0.6) is 0 Å². The molecule has 0 bridgehead atoms. The maximum absolute atomic E-state index is 5.80. The summed E-state index contributed by atoms with van der Waals surface area (Å²) in [6.45, 7) is 4.67. The molecule has 1 fully saturated rings. The predicted molar refractivity (Wildman–Crippen MR) is 68.6 cm³/mol. The molecule has 90 valence electrons. The first kappa shape index (κ1) is 13.3. The molecule has 0 heterocycles. The number of hydrogen-bond acceptors (Lipinski definition) is 1. The van der Waals surface area contributed by atoms with Crippen molar-refractivity contribution in [1.82, 2.24) is 5.32 Å². The van der Waals surface area contributed by atoms with Gasteiger partial charge in [0.05, 0.1) is 0 Å². The molecule has 0 amide bonds. The van der Waals surface area contributed by atoms with E-state index in [0.717, 1.165) is 5.88 Å². The van der Waals surface area contributed by atoms with E-state index in [1.54, 1.807) is 0 Å². The zero-order chi connectivity index (χ0) is 11.0. The van der Waals surface area contributed by atoms with Gasteiger partial charge in [0.1, 0.15) is 0 Å². The molecule has 0 aliphatic heterocycles.